The molecule has 98 valence electrons. The van der Waals surface area contributed by atoms with E-state index in [1.165, 1.54) is 11.3 Å². The van der Waals surface area contributed by atoms with Crippen molar-refractivity contribution in [1.82, 2.24) is 4.98 Å². The first-order valence-electron chi connectivity index (χ1n) is 6.14. The molecule has 4 heteroatoms. The Labute approximate surface area is 116 Å². The third kappa shape index (κ3) is 3.76. The Bertz CT molecular complexity index is 561. The van der Waals surface area contributed by atoms with E-state index in [-0.39, 0.29) is 5.97 Å². The first-order chi connectivity index (χ1) is 9.31. The Morgan fingerprint density at radius 1 is 1.32 bits per heavy atom. The molecule has 0 N–H and O–H groups in total. The number of thiazole rings is 1. The summed E-state index contributed by atoms with van der Waals surface area (Å²) in [4.78, 5) is 16.0. The van der Waals surface area contributed by atoms with Gasteiger partial charge in [0.2, 0.25) is 0 Å². The largest absolute Gasteiger partial charge is 0.457 e. The highest BCUT2D eigenvalue weighted by Crippen LogP contribution is 2.23. The first-order valence-corrected chi connectivity index (χ1v) is 7.02. The van der Waals surface area contributed by atoms with E-state index in [4.69, 9.17) is 4.74 Å². The van der Waals surface area contributed by atoms with Crippen LogP contribution < -0.4 is 0 Å². The lowest BCUT2D eigenvalue weighted by atomic mass is 10.2. The van der Waals surface area contributed by atoms with Gasteiger partial charge in [-0.15, -0.1) is 11.3 Å². The van der Waals surface area contributed by atoms with Crippen LogP contribution in [0.5, 0.6) is 0 Å². The van der Waals surface area contributed by atoms with Gasteiger partial charge in [0.05, 0.1) is 0 Å². The number of esters is 1. The third-order valence-corrected chi connectivity index (χ3v) is 3.34. The van der Waals surface area contributed by atoms with Gasteiger partial charge in [0.15, 0.2) is 5.69 Å². The summed E-state index contributed by atoms with van der Waals surface area (Å²) in [5, 5.41) is 2.56. The van der Waals surface area contributed by atoms with Crippen LogP contribution in [0.25, 0.3) is 10.6 Å². The van der Waals surface area contributed by atoms with Gasteiger partial charge in [-0.2, -0.15) is 0 Å². The highest BCUT2D eigenvalue weighted by atomic mass is 32.1. The first kappa shape index (κ1) is 13.5. The number of benzene rings is 1. The molecule has 1 heterocycles. The van der Waals surface area contributed by atoms with Gasteiger partial charge < -0.3 is 4.74 Å². The zero-order chi connectivity index (χ0) is 13.5. The molecular formula is C15H15NO2S. The predicted octanol–water partition coefficient (Wildman–Crippen LogP) is 3.93. The summed E-state index contributed by atoms with van der Waals surface area (Å²) >= 11 is 1.44. The lowest BCUT2D eigenvalue weighted by molar-refractivity contribution is 0.0543. The van der Waals surface area contributed by atoms with Crippen LogP contribution in [0.4, 0.5) is 0 Å². The second-order valence-electron chi connectivity index (χ2n) is 3.88. The van der Waals surface area contributed by atoms with E-state index < -0.39 is 0 Å². The number of aromatic nitrogens is 1. The Kier molecular flexibility index (Phi) is 4.86. The fraction of sp³-hybridized carbons (Fsp3) is 0.200. The van der Waals surface area contributed by atoms with Crippen molar-refractivity contribution in [2.45, 2.75) is 13.3 Å². The van der Waals surface area contributed by atoms with Crippen LogP contribution in [0.15, 0.2) is 47.9 Å². The standard InChI is InChI=1S/C15H15NO2S/c1-2-3-7-10-18-15(17)13-11-19-14(16-13)12-8-5-4-6-9-12/h3-9,11H,2,10H2,1H3/b7-3+. The molecule has 1 aromatic heterocycles. The minimum absolute atomic E-state index is 0.296. The Balaban J connectivity index is 2.01. The van der Waals surface area contributed by atoms with Crippen LogP contribution in [0, 0.1) is 0 Å². The molecule has 2 rings (SSSR count). The van der Waals surface area contributed by atoms with Crippen LogP contribution in [0.3, 0.4) is 0 Å². The second-order valence-corrected chi connectivity index (χ2v) is 4.74. The molecule has 3 nitrogen and oxygen atoms in total. The van der Waals surface area contributed by atoms with Gasteiger partial charge in [-0.05, 0) is 6.42 Å². The van der Waals surface area contributed by atoms with E-state index in [9.17, 15) is 4.79 Å². The van der Waals surface area contributed by atoms with Gasteiger partial charge in [-0.3, -0.25) is 0 Å². The predicted molar refractivity (Wildman–Crippen MR) is 77.3 cm³/mol. The van der Waals surface area contributed by atoms with Crippen molar-refractivity contribution in [2.75, 3.05) is 6.61 Å². The van der Waals surface area contributed by atoms with Gasteiger partial charge in [0, 0.05) is 10.9 Å². The van der Waals surface area contributed by atoms with Gasteiger partial charge in [-0.25, -0.2) is 9.78 Å². The molecule has 0 radical (unpaired) electrons. The normalized spacial score (nSPS) is 10.8. The third-order valence-electron chi connectivity index (χ3n) is 2.45. The lowest BCUT2D eigenvalue weighted by Gasteiger charge is -1.98. The van der Waals surface area contributed by atoms with Crippen LogP contribution in [0.1, 0.15) is 23.8 Å². The van der Waals surface area contributed by atoms with Crippen molar-refractivity contribution in [3.05, 3.63) is 53.6 Å². The summed E-state index contributed by atoms with van der Waals surface area (Å²) in [7, 11) is 0. The molecule has 0 fully saturated rings. The van der Waals surface area contributed by atoms with Crippen LogP contribution >= 0.6 is 11.3 Å². The number of nitrogens with zero attached hydrogens (tertiary/aromatic N) is 1. The van der Waals surface area contributed by atoms with Crippen molar-refractivity contribution in [3.63, 3.8) is 0 Å². The van der Waals surface area contributed by atoms with E-state index in [1.807, 2.05) is 49.4 Å². The number of allylic oxidation sites excluding steroid dienone is 1. The minimum atomic E-state index is -0.376. The Morgan fingerprint density at radius 3 is 2.84 bits per heavy atom. The Morgan fingerprint density at radius 2 is 2.11 bits per heavy atom. The smallest absolute Gasteiger partial charge is 0.358 e. The molecule has 0 aliphatic rings. The molecule has 0 aliphatic carbocycles. The van der Waals surface area contributed by atoms with E-state index in [0.29, 0.717) is 12.3 Å². The number of carbonyl (C=O) groups is 1. The molecule has 1 aromatic carbocycles. The van der Waals surface area contributed by atoms with Gasteiger partial charge in [-0.1, -0.05) is 49.4 Å². The molecule has 0 unspecified atom stereocenters. The highest BCUT2D eigenvalue weighted by molar-refractivity contribution is 7.13. The highest BCUT2D eigenvalue weighted by Gasteiger charge is 2.12. The molecule has 19 heavy (non-hydrogen) atoms. The fourth-order valence-electron chi connectivity index (χ4n) is 1.51. The van der Waals surface area contributed by atoms with Crippen molar-refractivity contribution >= 4 is 17.3 Å². The summed E-state index contributed by atoms with van der Waals surface area (Å²) in [5.41, 5.74) is 1.38. The topological polar surface area (TPSA) is 39.2 Å². The summed E-state index contributed by atoms with van der Waals surface area (Å²) < 4.78 is 5.10. The number of hydrogen-bond donors (Lipinski definition) is 0. The molecular weight excluding hydrogens is 258 g/mol. The van der Waals surface area contributed by atoms with Crippen molar-refractivity contribution < 1.29 is 9.53 Å². The van der Waals surface area contributed by atoms with E-state index in [1.54, 1.807) is 5.38 Å². The number of ether oxygens (including phenoxy) is 1. The molecule has 0 spiro atoms. The fourth-order valence-corrected chi connectivity index (χ4v) is 2.31. The van der Waals surface area contributed by atoms with E-state index in [2.05, 4.69) is 4.98 Å². The average molecular weight is 273 g/mol. The Hall–Kier alpha value is -1.94. The summed E-state index contributed by atoms with van der Waals surface area (Å²) in [6.07, 6.45) is 4.73. The molecule has 0 aliphatic heterocycles. The molecule has 0 saturated heterocycles. The van der Waals surface area contributed by atoms with Gasteiger partial charge in [0.25, 0.3) is 0 Å². The average Bonchev–Trinajstić information content (AvgIpc) is 2.94. The zero-order valence-corrected chi connectivity index (χ0v) is 11.5. The number of carbonyl (C=O) groups excluding carboxylic acids is 1. The minimum Gasteiger partial charge on any atom is -0.457 e. The summed E-state index contributed by atoms with van der Waals surface area (Å²) in [6.45, 7) is 2.33. The lowest BCUT2D eigenvalue weighted by Crippen LogP contribution is -2.05. The zero-order valence-electron chi connectivity index (χ0n) is 10.7. The quantitative estimate of drug-likeness (QED) is 0.612. The van der Waals surface area contributed by atoms with Crippen molar-refractivity contribution in [1.29, 1.82) is 0 Å². The van der Waals surface area contributed by atoms with E-state index >= 15 is 0 Å². The maximum atomic E-state index is 11.7. The van der Waals surface area contributed by atoms with E-state index in [0.717, 1.165) is 17.0 Å². The number of hydrogen-bond acceptors (Lipinski definition) is 4. The van der Waals surface area contributed by atoms with Crippen LogP contribution in [-0.4, -0.2) is 17.6 Å². The van der Waals surface area contributed by atoms with Gasteiger partial charge >= 0.3 is 5.97 Å². The molecule has 0 atom stereocenters. The second kappa shape index (κ2) is 6.85. The summed E-state index contributed by atoms with van der Waals surface area (Å²) in [6, 6.07) is 9.79. The maximum Gasteiger partial charge on any atom is 0.358 e. The van der Waals surface area contributed by atoms with Crippen LogP contribution in [0.2, 0.25) is 0 Å². The molecule has 0 bridgehead atoms. The molecule has 0 amide bonds. The molecule has 0 saturated carbocycles. The van der Waals surface area contributed by atoms with Crippen molar-refractivity contribution in [3.8, 4) is 10.6 Å². The number of rotatable bonds is 5. The molecule has 2 aromatic rings. The van der Waals surface area contributed by atoms with Gasteiger partial charge in [0.1, 0.15) is 11.6 Å². The SMILES string of the molecule is CC/C=C/COC(=O)c1csc(-c2ccccc2)n1. The monoisotopic (exact) mass is 273 g/mol. The van der Waals surface area contributed by atoms with Crippen molar-refractivity contribution in [2.24, 2.45) is 0 Å². The maximum absolute atomic E-state index is 11.7. The van der Waals surface area contributed by atoms with Crippen LogP contribution in [-0.2, 0) is 4.74 Å². The summed E-state index contributed by atoms with van der Waals surface area (Å²) in [5.74, 6) is -0.376.